The van der Waals surface area contributed by atoms with E-state index in [4.69, 9.17) is 23.2 Å². The standard InChI is InChI=1S/C24H30Cl2N2O2/c1-5-9-22(29)28(16-18-12-13-19(25)20(26)14-18)21(23(30)27-24(2,3)4)15-17-10-7-6-8-11-17/h6-8,10-14,21H,5,9,15-16H2,1-4H3,(H,27,30). The molecule has 1 atom stereocenters. The Bertz CT molecular complexity index is 863. The van der Waals surface area contributed by atoms with Crippen molar-refractivity contribution in [3.8, 4) is 0 Å². The molecule has 2 aromatic rings. The van der Waals surface area contributed by atoms with Crippen LogP contribution in [0.15, 0.2) is 48.5 Å². The van der Waals surface area contributed by atoms with Gasteiger partial charge >= 0.3 is 0 Å². The number of hydrogen-bond acceptors (Lipinski definition) is 2. The molecule has 6 heteroatoms. The predicted molar refractivity (Wildman–Crippen MR) is 124 cm³/mol. The van der Waals surface area contributed by atoms with Gasteiger partial charge in [0.1, 0.15) is 6.04 Å². The molecule has 0 heterocycles. The maximum atomic E-state index is 13.3. The van der Waals surface area contributed by atoms with Gasteiger partial charge in [-0.15, -0.1) is 0 Å². The Hall–Kier alpha value is -2.04. The van der Waals surface area contributed by atoms with Crippen molar-refractivity contribution in [1.29, 1.82) is 0 Å². The molecule has 0 saturated carbocycles. The molecule has 0 aliphatic heterocycles. The summed E-state index contributed by atoms with van der Waals surface area (Å²) in [4.78, 5) is 28.0. The molecule has 4 nitrogen and oxygen atoms in total. The first-order chi connectivity index (χ1) is 14.1. The molecule has 2 aromatic carbocycles. The van der Waals surface area contributed by atoms with Crippen LogP contribution in [-0.2, 0) is 22.6 Å². The van der Waals surface area contributed by atoms with Gasteiger partial charge < -0.3 is 10.2 Å². The van der Waals surface area contributed by atoms with Crippen LogP contribution in [0.2, 0.25) is 10.0 Å². The normalized spacial score (nSPS) is 12.3. The molecule has 1 unspecified atom stereocenters. The molecule has 0 bridgehead atoms. The first-order valence-electron chi connectivity index (χ1n) is 10.2. The van der Waals surface area contributed by atoms with Crippen LogP contribution < -0.4 is 5.32 Å². The average Bonchev–Trinajstić information content (AvgIpc) is 2.67. The van der Waals surface area contributed by atoms with Gasteiger partial charge in [-0.2, -0.15) is 0 Å². The number of amides is 2. The highest BCUT2D eigenvalue weighted by Crippen LogP contribution is 2.24. The molecular formula is C24H30Cl2N2O2. The maximum Gasteiger partial charge on any atom is 0.243 e. The van der Waals surface area contributed by atoms with Crippen LogP contribution in [0.1, 0.15) is 51.7 Å². The number of hydrogen-bond donors (Lipinski definition) is 1. The Morgan fingerprint density at radius 3 is 2.23 bits per heavy atom. The van der Waals surface area contributed by atoms with Crippen molar-refractivity contribution in [3.05, 3.63) is 69.7 Å². The zero-order chi connectivity index (χ0) is 22.3. The molecule has 2 amide bonds. The van der Waals surface area contributed by atoms with E-state index >= 15 is 0 Å². The molecule has 0 aliphatic carbocycles. The van der Waals surface area contributed by atoms with E-state index in [9.17, 15) is 9.59 Å². The largest absolute Gasteiger partial charge is 0.350 e. The summed E-state index contributed by atoms with van der Waals surface area (Å²) in [6, 6.07) is 14.4. The zero-order valence-corrected chi connectivity index (χ0v) is 19.6. The quantitative estimate of drug-likeness (QED) is 0.566. The fraction of sp³-hybridized carbons (Fsp3) is 0.417. The third kappa shape index (κ3) is 7.33. The summed E-state index contributed by atoms with van der Waals surface area (Å²) in [6.07, 6.45) is 1.50. The zero-order valence-electron chi connectivity index (χ0n) is 18.0. The third-order valence-corrected chi connectivity index (χ3v) is 5.31. The van der Waals surface area contributed by atoms with Gasteiger partial charge in [-0.3, -0.25) is 9.59 Å². The van der Waals surface area contributed by atoms with E-state index in [-0.39, 0.29) is 18.4 Å². The van der Waals surface area contributed by atoms with Crippen LogP contribution in [0.3, 0.4) is 0 Å². The Labute approximate surface area is 189 Å². The maximum absolute atomic E-state index is 13.3. The summed E-state index contributed by atoms with van der Waals surface area (Å²) >= 11 is 12.2. The smallest absolute Gasteiger partial charge is 0.243 e. The molecule has 0 fully saturated rings. The summed E-state index contributed by atoms with van der Waals surface area (Å²) in [7, 11) is 0. The summed E-state index contributed by atoms with van der Waals surface area (Å²) in [5, 5.41) is 3.93. The van der Waals surface area contributed by atoms with Crippen LogP contribution in [0, 0.1) is 0 Å². The SMILES string of the molecule is CCCC(=O)N(Cc1ccc(Cl)c(Cl)c1)C(Cc1ccccc1)C(=O)NC(C)(C)C. The van der Waals surface area contributed by atoms with Crippen LogP contribution in [-0.4, -0.2) is 28.3 Å². The van der Waals surface area contributed by atoms with Crippen molar-refractivity contribution >= 4 is 35.0 Å². The van der Waals surface area contributed by atoms with E-state index in [1.807, 2.05) is 64.1 Å². The van der Waals surface area contributed by atoms with Gasteiger partial charge in [-0.25, -0.2) is 0 Å². The fourth-order valence-corrected chi connectivity index (χ4v) is 3.52. The Morgan fingerprint density at radius 2 is 1.67 bits per heavy atom. The van der Waals surface area contributed by atoms with Gasteiger partial charge in [0.2, 0.25) is 11.8 Å². The average molecular weight is 449 g/mol. The molecule has 162 valence electrons. The number of carbonyl (C=O) groups is 2. The first-order valence-corrected chi connectivity index (χ1v) is 11.0. The van der Waals surface area contributed by atoms with Crippen LogP contribution in [0.4, 0.5) is 0 Å². The molecule has 0 spiro atoms. The van der Waals surface area contributed by atoms with Crippen LogP contribution in [0.25, 0.3) is 0 Å². The lowest BCUT2D eigenvalue weighted by Crippen LogP contribution is -2.54. The van der Waals surface area contributed by atoms with Crippen molar-refractivity contribution in [3.63, 3.8) is 0 Å². The molecule has 0 aliphatic rings. The number of nitrogens with zero attached hydrogens (tertiary/aromatic N) is 1. The summed E-state index contributed by atoms with van der Waals surface area (Å²) in [6.45, 7) is 8.03. The van der Waals surface area contributed by atoms with Crippen LogP contribution >= 0.6 is 23.2 Å². The molecule has 30 heavy (non-hydrogen) atoms. The highest BCUT2D eigenvalue weighted by molar-refractivity contribution is 6.42. The molecule has 0 saturated heterocycles. The van der Waals surface area contributed by atoms with E-state index < -0.39 is 11.6 Å². The lowest BCUT2D eigenvalue weighted by Gasteiger charge is -2.34. The topological polar surface area (TPSA) is 49.4 Å². The minimum atomic E-state index is -0.639. The summed E-state index contributed by atoms with van der Waals surface area (Å²) < 4.78 is 0. The van der Waals surface area contributed by atoms with Gasteiger partial charge in [0, 0.05) is 24.9 Å². The Balaban J connectivity index is 2.42. The lowest BCUT2D eigenvalue weighted by atomic mass is 10.00. The summed E-state index contributed by atoms with van der Waals surface area (Å²) in [5.74, 6) is -0.232. The number of nitrogens with one attached hydrogen (secondary N) is 1. The molecular weight excluding hydrogens is 419 g/mol. The van der Waals surface area contributed by atoms with E-state index in [2.05, 4.69) is 5.32 Å². The van der Waals surface area contributed by atoms with E-state index in [0.717, 1.165) is 11.1 Å². The second-order valence-electron chi connectivity index (χ2n) is 8.46. The van der Waals surface area contributed by atoms with Gasteiger partial charge in [0.15, 0.2) is 0 Å². The second-order valence-corrected chi connectivity index (χ2v) is 9.28. The number of benzene rings is 2. The molecule has 2 rings (SSSR count). The van der Waals surface area contributed by atoms with E-state index in [0.29, 0.717) is 29.3 Å². The summed E-state index contributed by atoms with van der Waals surface area (Å²) in [5.41, 5.74) is 1.42. The van der Waals surface area contributed by atoms with Crippen molar-refractivity contribution in [1.82, 2.24) is 10.2 Å². The predicted octanol–water partition coefficient (Wildman–Crippen LogP) is 5.65. The minimum absolute atomic E-state index is 0.0615. The third-order valence-electron chi connectivity index (χ3n) is 4.57. The van der Waals surface area contributed by atoms with Gasteiger partial charge in [-0.1, -0.05) is 66.5 Å². The fourth-order valence-electron chi connectivity index (χ4n) is 3.20. The highest BCUT2D eigenvalue weighted by Gasteiger charge is 2.31. The Kier molecular flexibility index (Phi) is 8.75. The van der Waals surface area contributed by atoms with Crippen molar-refractivity contribution in [2.75, 3.05) is 0 Å². The molecule has 1 N–H and O–H groups in total. The van der Waals surface area contributed by atoms with Gasteiger partial charge in [0.25, 0.3) is 0 Å². The second kappa shape index (κ2) is 10.8. The minimum Gasteiger partial charge on any atom is -0.350 e. The van der Waals surface area contributed by atoms with Gasteiger partial charge in [-0.05, 0) is 50.5 Å². The molecule has 0 radical (unpaired) electrons. The monoisotopic (exact) mass is 448 g/mol. The number of rotatable bonds is 8. The van der Waals surface area contributed by atoms with E-state index in [1.165, 1.54) is 0 Å². The van der Waals surface area contributed by atoms with Crippen molar-refractivity contribution in [2.24, 2.45) is 0 Å². The highest BCUT2D eigenvalue weighted by atomic mass is 35.5. The number of carbonyl (C=O) groups excluding carboxylic acids is 2. The van der Waals surface area contributed by atoms with Crippen LogP contribution in [0.5, 0.6) is 0 Å². The lowest BCUT2D eigenvalue weighted by molar-refractivity contribution is -0.142. The molecule has 0 aromatic heterocycles. The van der Waals surface area contributed by atoms with Crippen molar-refractivity contribution < 1.29 is 9.59 Å². The Morgan fingerprint density at radius 1 is 1.00 bits per heavy atom. The van der Waals surface area contributed by atoms with Gasteiger partial charge in [0.05, 0.1) is 10.0 Å². The first kappa shape index (κ1) is 24.2. The number of halogens is 2. The van der Waals surface area contributed by atoms with E-state index in [1.54, 1.807) is 17.0 Å². The van der Waals surface area contributed by atoms with Crippen molar-refractivity contribution in [2.45, 2.75) is 65.1 Å².